The molecule has 0 amide bonds. The predicted molar refractivity (Wildman–Crippen MR) is 306 cm³/mol. The van der Waals surface area contributed by atoms with Crippen LogP contribution in [0.25, 0.3) is 0 Å². The first-order valence-corrected chi connectivity index (χ1v) is 29.4. The Morgan fingerprint density at radius 2 is 0.781 bits per heavy atom. The lowest BCUT2D eigenvalue weighted by molar-refractivity contribution is -0.870. The summed E-state index contributed by atoms with van der Waals surface area (Å²) in [6, 6.07) is 0. The van der Waals surface area contributed by atoms with Gasteiger partial charge in [-0.2, -0.15) is 0 Å². The molecule has 0 radical (unpaired) electrons. The van der Waals surface area contributed by atoms with E-state index >= 15 is 0 Å². The molecular weight excluding hydrogens is 911 g/mol. The molecular formula is C64H109NO8. The van der Waals surface area contributed by atoms with Crippen LogP contribution in [0.15, 0.2) is 97.2 Å². The van der Waals surface area contributed by atoms with Crippen molar-refractivity contribution in [3.05, 3.63) is 97.2 Å². The minimum Gasteiger partial charge on any atom is -0.545 e. The highest BCUT2D eigenvalue weighted by molar-refractivity contribution is 5.70. The maximum Gasteiger partial charge on any atom is 0.306 e. The lowest BCUT2D eigenvalue weighted by atomic mass is 10.0. The SMILES string of the molecule is CC/C=C\C/C=C\C/C=C\C/C=C\C/C=C\C/C=C\CCCCCCCCCCCCCCCCCCC(=O)OC(COC(=O)CCCCCCC/C=C\C/C=C\CCC)COC(OCC[N+](C)(C)C)C(=O)[O-]. The van der Waals surface area contributed by atoms with Crippen molar-refractivity contribution in [2.24, 2.45) is 0 Å². The van der Waals surface area contributed by atoms with Crippen LogP contribution in [0.4, 0.5) is 0 Å². The Labute approximate surface area is 448 Å². The summed E-state index contributed by atoms with van der Waals surface area (Å²) in [4.78, 5) is 37.2. The molecule has 0 spiro atoms. The molecule has 9 heteroatoms. The van der Waals surface area contributed by atoms with Crippen molar-refractivity contribution in [2.45, 2.75) is 245 Å². The summed E-state index contributed by atoms with van der Waals surface area (Å²) >= 11 is 0. The predicted octanol–water partition coefficient (Wildman–Crippen LogP) is 16.0. The van der Waals surface area contributed by atoms with Gasteiger partial charge in [-0.15, -0.1) is 0 Å². The second-order valence-electron chi connectivity index (χ2n) is 20.5. The number of ether oxygens (including phenoxy) is 4. The molecule has 0 fully saturated rings. The van der Waals surface area contributed by atoms with E-state index in [1.807, 2.05) is 21.1 Å². The van der Waals surface area contributed by atoms with E-state index in [0.717, 1.165) is 109 Å². The monoisotopic (exact) mass is 1020 g/mol. The summed E-state index contributed by atoms with van der Waals surface area (Å²) in [5.74, 6) is -2.30. The molecule has 2 unspecified atom stereocenters. The van der Waals surface area contributed by atoms with Crippen molar-refractivity contribution in [1.29, 1.82) is 0 Å². The maximum atomic E-state index is 12.9. The summed E-state index contributed by atoms with van der Waals surface area (Å²) in [5, 5.41) is 11.8. The molecule has 0 aromatic heterocycles. The van der Waals surface area contributed by atoms with E-state index in [-0.39, 0.29) is 38.6 Å². The Morgan fingerprint density at radius 1 is 0.425 bits per heavy atom. The number of hydrogen-bond acceptors (Lipinski definition) is 8. The lowest BCUT2D eigenvalue weighted by Crippen LogP contribution is -2.44. The van der Waals surface area contributed by atoms with Gasteiger partial charge in [0.05, 0.1) is 40.3 Å². The van der Waals surface area contributed by atoms with E-state index in [1.165, 1.54) is 89.9 Å². The normalized spacial score (nSPS) is 13.5. The molecule has 2 atom stereocenters. The number of esters is 2. The van der Waals surface area contributed by atoms with Gasteiger partial charge in [-0.1, -0.05) is 227 Å². The number of carbonyl (C=O) groups excluding carboxylic acids is 3. The summed E-state index contributed by atoms with van der Waals surface area (Å²) in [7, 11) is 5.91. The second kappa shape index (κ2) is 54.5. The molecule has 0 rings (SSSR count). The standard InChI is InChI=1S/C64H109NO8/c1-6-8-10-12-14-16-18-20-21-22-23-24-25-26-27-28-29-30-31-32-33-34-35-36-37-38-39-40-41-43-45-47-49-51-53-55-62(67)73-60(59-72-64(63(68)69)70-57-56-65(3,4)5)58-71-61(66)54-52-50-48-46-44-42-19-17-15-13-11-9-7-2/h8,10-11,13-14,16-17,19-21,23-24,26-27,29-30,60,64H,6-7,9,12,15,18,22,25,28,31-59H2,1-5H3/b10-8-,13-11-,16-14-,19-17-,21-20-,24-23-,27-26-,30-29-. The summed E-state index contributed by atoms with van der Waals surface area (Å²) in [6.45, 7) is 4.55. The van der Waals surface area contributed by atoms with E-state index in [1.54, 1.807) is 0 Å². The molecule has 0 saturated carbocycles. The van der Waals surface area contributed by atoms with Crippen molar-refractivity contribution < 1.29 is 42.9 Å². The highest BCUT2D eigenvalue weighted by atomic mass is 16.7. The lowest BCUT2D eigenvalue weighted by Gasteiger charge is -2.26. The first kappa shape index (κ1) is 69.2. The van der Waals surface area contributed by atoms with Gasteiger partial charge < -0.3 is 33.3 Å². The number of quaternary nitrogens is 1. The van der Waals surface area contributed by atoms with Crippen LogP contribution in [0.3, 0.4) is 0 Å². The van der Waals surface area contributed by atoms with E-state index < -0.39 is 24.3 Å². The van der Waals surface area contributed by atoms with Crippen LogP contribution in [-0.2, 0) is 33.3 Å². The van der Waals surface area contributed by atoms with Crippen LogP contribution in [0, 0.1) is 0 Å². The van der Waals surface area contributed by atoms with Crippen LogP contribution < -0.4 is 5.11 Å². The first-order valence-electron chi connectivity index (χ1n) is 29.4. The van der Waals surface area contributed by atoms with Gasteiger partial charge in [0, 0.05) is 12.8 Å². The van der Waals surface area contributed by atoms with E-state index in [2.05, 4.69) is 111 Å². The number of aliphatic carboxylic acids is 1. The van der Waals surface area contributed by atoms with E-state index in [9.17, 15) is 19.5 Å². The third kappa shape index (κ3) is 55.8. The van der Waals surface area contributed by atoms with Crippen molar-refractivity contribution in [3.8, 4) is 0 Å². The van der Waals surface area contributed by atoms with Crippen molar-refractivity contribution in [2.75, 3.05) is 47.5 Å². The van der Waals surface area contributed by atoms with Gasteiger partial charge >= 0.3 is 11.9 Å². The Bertz CT molecular complexity index is 1520. The van der Waals surface area contributed by atoms with Gasteiger partial charge in [0.1, 0.15) is 13.2 Å². The zero-order valence-electron chi connectivity index (χ0n) is 47.5. The minimum absolute atomic E-state index is 0.142. The van der Waals surface area contributed by atoms with Crippen LogP contribution in [-0.4, -0.2) is 82.3 Å². The molecule has 73 heavy (non-hydrogen) atoms. The number of nitrogens with zero attached hydrogens (tertiary/aromatic N) is 1. The second-order valence-corrected chi connectivity index (χ2v) is 20.5. The van der Waals surface area contributed by atoms with Crippen LogP contribution >= 0.6 is 0 Å². The van der Waals surface area contributed by atoms with Crippen LogP contribution in [0.2, 0.25) is 0 Å². The third-order valence-corrected chi connectivity index (χ3v) is 12.3. The van der Waals surface area contributed by atoms with Gasteiger partial charge in [0.15, 0.2) is 12.4 Å². The Hall–Kier alpha value is -3.79. The number of carboxylic acid groups (broad SMARTS) is 1. The molecule has 0 heterocycles. The van der Waals surface area contributed by atoms with Gasteiger partial charge in [-0.3, -0.25) is 9.59 Å². The average molecular weight is 1020 g/mol. The molecule has 0 aliphatic carbocycles. The Kier molecular flexibility index (Phi) is 51.6. The minimum atomic E-state index is -1.63. The molecule has 0 N–H and O–H groups in total. The number of carbonyl (C=O) groups is 3. The average Bonchev–Trinajstić information content (AvgIpc) is 3.36. The summed E-state index contributed by atoms with van der Waals surface area (Å²) < 4.78 is 22.6. The maximum absolute atomic E-state index is 12.9. The van der Waals surface area contributed by atoms with Crippen LogP contribution in [0.5, 0.6) is 0 Å². The zero-order valence-corrected chi connectivity index (χ0v) is 47.5. The van der Waals surface area contributed by atoms with E-state index in [0.29, 0.717) is 17.4 Å². The van der Waals surface area contributed by atoms with Gasteiger partial charge in [-0.25, -0.2) is 0 Å². The highest BCUT2D eigenvalue weighted by Crippen LogP contribution is 2.16. The van der Waals surface area contributed by atoms with Crippen LogP contribution in [0.1, 0.15) is 232 Å². The first-order chi connectivity index (χ1) is 35.6. The van der Waals surface area contributed by atoms with Gasteiger partial charge in [-0.05, 0) is 89.9 Å². The van der Waals surface area contributed by atoms with Crippen molar-refractivity contribution in [3.63, 3.8) is 0 Å². The third-order valence-electron chi connectivity index (χ3n) is 12.3. The van der Waals surface area contributed by atoms with Gasteiger partial charge in [0.2, 0.25) is 0 Å². The number of allylic oxidation sites excluding steroid dienone is 16. The molecule has 0 aromatic rings. The molecule has 0 aliphatic heterocycles. The summed E-state index contributed by atoms with van der Waals surface area (Å²) in [6.07, 6.45) is 70.4. The Balaban J connectivity index is 4.10. The number of rotatable bonds is 53. The molecule has 0 bridgehead atoms. The molecule has 0 saturated heterocycles. The largest absolute Gasteiger partial charge is 0.545 e. The smallest absolute Gasteiger partial charge is 0.306 e. The number of carboxylic acids is 1. The summed E-state index contributed by atoms with van der Waals surface area (Å²) in [5.41, 5.74) is 0. The molecule has 9 nitrogen and oxygen atoms in total. The van der Waals surface area contributed by atoms with Crippen molar-refractivity contribution in [1.82, 2.24) is 0 Å². The topological polar surface area (TPSA) is 111 Å². The molecule has 0 aromatic carbocycles. The Morgan fingerprint density at radius 3 is 1.16 bits per heavy atom. The fraction of sp³-hybridized carbons (Fsp3) is 0.703. The van der Waals surface area contributed by atoms with Crippen molar-refractivity contribution >= 4 is 17.9 Å². The number of likely N-dealkylation sites (N-methyl/N-ethyl adjacent to an activating group) is 1. The fourth-order valence-corrected chi connectivity index (χ4v) is 7.81. The molecule has 0 aliphatic rings. The highest BCUT2D eigenvalue weighted by Gasteiger charge is 2.22. The van der Waals surface area contributed by atoms with E-state index in [4.69, 9.17) is 18.9 Å². The fourth-order valence-electron chi connectivity index (χ4n) is 7.81. The molecule has 418 valence electrons. The quantitative estimate of drug-likeness (QED) is 0.0195. The zero-order chi connectivity index (χ0) is 53.4. The number of unbranched alkanes of at least 4 members (excludes halogenated alkanes) is 22. The van der Waals surface area contributed by atoms with Gasteiger partial charge in [0.25, 0.3) is 0 Å². The number of hydrogen-bond donors (Lipinski definition) is 0.